The minimum Gasteiger partial charge on any atom is -0.391 e. The van der Waals surface area contributed by atoms with Crippen molar-refractivity contribution in [2.24, 2.45) is 0 Å². The van der Waals surface area contributed by atoms with Gasteiger partial charge >= 0.3 is 0 Å². The van der Waals surface area contributed by atoms with Gasteiger partial charge in [-0.25, -0.2) is 9.97 Å². The highest BCUT2D eigenvalue weighted by molar-refractivity contribution is 5.98. The van der Waals surface area contributed by atoms with Crippen molar-refractivity contribution in [1.82, 2.24) is 15.0 Å². The molecule has 1 aliphatic rings. The highest BCUT2D eigenvalue weighted by Gasteiger charge is 2.23. The molecule has 0 aliphatic heterocycles. The highest BCUT2D eigenvalue weighted by Crippen LogP contribution is 2.30. The van der Waals surface area contributed by atoms with Crippen molar-refractivity contribution in [1.29, 1.82) is 0 Å². The second-order valence-corrected chi connectivity index (χ2v) is 7.47. The Morgan fingerprint density at radius 2 is 1.89 bits per heavy atom. The summed E-state index contributed by atoms with van der Waals surface area (Å²) >= 11 is 0. The molecule has 0 amide bonds. The first-order valence-electron chi connectivity index (χ1n) is 9.82. The summed E-state index contributed by atoms with van der Waals surface area (Å²) in [6.45, 7) is 0. The summed E-state index contributed by atoms with van der Waals surface area (Å²) in [5, 5.41) is 16.8. The number of pyridine rings is 1. The molecule has 0 saturated heterocycles. The average molecular weight is 370 g/mol. The molecule has 2 heterocycles. The van der Waals surface area contributed by atoms with Crippen LogP contribution in [-0.2, 0) is 0 Å². The zero-order valence-electron chi connectivity index (χ0n) is 15.5. The summed E-state index contributed by atoms with van der Waals surface area (Å²) in [7, 11) is 0. The van der Waals surface area contributed by atoms with Crippen LogP contribution in [0, 0.1) is 0 Å². The predicted molar refractivity (Wildman–Crippen MR) is 112 cm³/mol. The molecular weight excluding hydrogens is 348 g/mol. The van der Waals surface area contributed by atoms with Crippen LogP contribution in [0.25, 0.3) is 32.8 Å². The molecule has 5 nitrogen and oxygen atoms in total. The van der Waals surface area contributed by atoms with Crippen LogP contribution in [0.4, 0.5) is 5.95 Å². The lowest BCUT2D eigenvalue weighted by Crippen LogP contribution is -2.36. The number of benzene rings is 2. The van der Waals surface area contributed by atoms with E-state index >= 15 is 0 Å². The van der Waals surface area contributed by atoms with E-state index in [0.717, 1.165) is 53.1 Å². The number of nitrogens with one attached hydrogen (secondary N) is 1. The van der Waals surface area contributed by atoms with E-state index in [1.807, 2.05) is 24.7 Å². The van der Waals surface area contributed by atoms with Gasteiger partial charge in [0.15, 0.2) is 0 Å². The molecule has 1 fully saturated rings. The largest absolute Gasteiger partial charge is 0.391 e. The lowest BCUT2D eigenvalue weighted by Gasteiger charge is -2.28. The number of aliphatic hydroxyl groups is 1. The molecule has 2 atom stereocenters. The summed E-state index contributed by atoms with van der Waals surface area (Å²) in [5.41, 5.74) is 3.18. The summed E-state index contributed by atoms with van der Waals surface area (Å²) in [6, 6.07) is 14.6. The van der Waals surface area contributed by atoms with E-state index in [1.165, 1.54) is 5.39 Å². The number of anilines is 1. The summed E-state index contributed by atoms with van der Waals surface area (Å²) < 4.78 is 0. The molecule has 2 aromatic carbocycles. The van der Waals surface area contributed by atoms with E-state index < -0.39 is 0 Å². The minimum absolute atomic E-state index is 0.0277. The Kier molecular flexibility index (Phi) is 4.37. The molecule has 28 heavy (non-hydrogen) atoms. The van der Waals surface area contributed by atoms with Crippen molar-refractivity contribution in [3.05, 3.63) is 61.1 Å². The van der Waals surface area contributed by atoms with Crippen molar-refractivity contribution in [3.8, 4) is 11.1 Å². The van der Waals surface area contributed by atoms with Crippen molar-refractivity contribution in [2.75, 3.05) is 5.32 Å². The smallest absolute Gasteiger partial charge is 0.223 e. The van der Waals surface area contributed by atoms with Crippen LogP contribution < -0.4 is 5.32 Å². The monoisotopic (exact) mass is 370 g/mol. The Morgan fingerprint density at radius 3 is 2.82 bits per heavy atom. The Balaban J connectivity index is 1.53. The number of fused-ring (bicyclic) bond motifs is 2. The summed E-state index contributed by atoms with van der Waals surface area (Å²) in [5.74, 6) is 0.581. The zero-order valence-corrected chi connectivity index (χ0v) is 15.5. The number of aliphatic hydroxyl groups excluding tert-OH is 1. The van der Waals surface area contributed by atoms with E-state index in [2.05, 4.69) is 51.7 Å². The van der Waals surface area contributed by atoms with Gasteiger partial charge in [-0.15, -0.1) is 0 Å². The van der Waals surface area contributed by atoms with Crippen molar-refractivity contribution >= 4 is 27.6 Å². The molecule has 0 unspecified atom stereocenters. The standard InChI is InChI=1S/C23H22N4O/c28-22-7-2-1-6-20(22)26-23-25-14-17-9-8-15(12-21(17)27-23)18-5-3-4-16-13-24-11-10-19(16)18/h3-5,8-14,20,22,28H,1-2,6-7H2,(H,25,26,27)/t20-,22+/m1/s1. The number of hydrogen-bond donors (Lipinski definition) is 2. The zero-order chi connectivity index (χ0) is 18.9. The van der Waals surface area contributed by atoms with Crippen LogP contribution in [0.5, 0.6) is 0 Å². The van der Waals surface area contributed by atoms with Gasteiger partial charge in [0.2, 0.25) is 5.95 Å². The topological polar surface area (TPSA) is 70.9 Å². The lowest BCUT2D eigenvalue weighted by atomic mass is 9.93. The second-order valence-electron chi connectivity index (χ2n) is 7.47. The third-order valence-corrected chi connectivity index (χ3v) is 5.62. The average Bonchev–Trinajstić information content (AvgIpc) is 2.74. The Hall–Kier alpha value is -3.05. The van der Waals surface area contributed by atoms with Crippen LogP contribution in [0.1, 0.15) is 25.7 Å². The van der Waals surface area contributed by atoms with Gasteiger partial charge < -0.3 is 10.4 Å². The molecule has 140 valence electrons. The van der Waals surface area contributed by atoms with Gasteiger partial charge in [0.05, 0.1) is 17.7 Å². The minimum atomic E-state index is -0.330. The van der Waals surface area contributed by atoms with Gasteiger partial charge in [-0.2, -0.15) is 0 Å². The predicted octanol–water partition coefficient (Wildman–Crippen LogP) is 4.56. The van der Waals surface area contributed by atoms with E-state index in [4.69, 9.17) is 4.98 Å². The van der Waals surface area contributed by atoms with E-state index in [-0.39, 0.29) is 12.1 Å². The van der Waals surface area contributed by atoms with Crippen LogP contribution in [-0.4, -0.2) is 32.2 Å². The number of rotatable bonds is 3. The van der Waals surface area contributed by atoms with Gasteiger partial charge in [-0.3, -0.25) is 4.98 Å². The lowest BCUT2D eigenvalue weighted by molar-refractivity contribution is 0.116. The maximum absolute atomic E-state index is 10.2. The molecule has 2 aromatic heterocycles. The molecule has 5 rings (SSSR count). The Bertz CT molecular complexity index is 1140. The molecule has 4 aromatic rings. The fraction of sp³-hybridized carbons (Fsp3) is 0.261. The summed E-state index contributed by atoms with van der Waals surface area (Å²) in [6.07, 6.45) is 9.23. The number of nitrogens with zero attached hydrogens (tertiary/aromatic N) is 3. The third-order valence-electron chi connectivity index (χ3n) is 5.62. The first-order chi connectivity index (χ1) is 13.8. The highest BCUT2D eigenvalue weighted by atomic mass is 16.3. The molecule has 0 radical (unpaired) electrons. The van der Waals surface area contributed by atoms with E-state index in [9.17, 15) is 5.11 Å². The van der Waals surface area contributed by atoms with Gasteiger partial charge in [0.1, 0.15) is 0 Å². The first-order valence-corrected chi connectivity index (χ1v) is 9.82. The second kappa shape index (κ2) is 7.17. The normalized spacial score (nSPS) is 19.8. The quantitative estimate of drug-likeness (QED) is 0.553. The number of aromatic nitrogens is 3. The van der Waals surface area contributed by atoms with E-state index in [0.29, 0.717) is 5.95 Å². The van der Waals surface area contributed by atoms with Gasteiger partial charge in [0, 0.05) is 29.4 Å². The van der Waals surface area contributed by atoms with Gasteiger partial charge in [-0.1, -0.05) is 43.2 Å². The molecule has 5 heteroatoms. The van der Waals surface area contributed by atoms with Crippen molar-refractivity contribution in [2.45, 2.75) is 37.8 Å². The van der Waals surface area contributed by atoms with Crippen LogP contribution in [0.3, 0.4) is 0 Å². The van der Waals surface area contributed by atoms with E-state index in [1.54, 1.807) is 0 Å². The van der Waals surface area contributed by atoms with Crippen LogP contribution in [0.15, 0.2) is 61.1 Å². The van der Waals surface area contributed by atoms with Crippen molar-refractivity contribution in [3.63, 3.8) is 0 Å². The first kappa shape index (κ1) is 17.1. The maximum Gasteiger partial charge on any atom is 0.223 e. The Labute approximate surface area is 163 Å². The third kappa shape index (κ3) is 3.18. The maximum atomic E-state index is 10.2. The molecule has 1 aliphatic carbocycles. The fourth-order valence-electron chi connectivity index (χ4n) is 4.08. The molecule has 0 bridgehead atoms. The van der Waals surface area contributed by atoms with Gasteiger partial charge in [0.25, 0.3) is 0 Å². The fourth-order valence-corrected chi connectivity index (χ4v) is 4.08. The van der Waals surface area contributed by atoms with Crippen molar-refractivity contribution < 1.29 is 5.11 Å². The van der Waals surface area contributed by atoms with Crippen LogP contribution in [0.2, 0.25) is 0 Å². The summed E-state index contributed by atoms with van der Waals surface area (Å²) in [4.78, 5) is 13.4. The molecule has 0 spiro atoms. The van der Waals surface area contributed by atoms with Gasteiger partial charge in [-0.05, 0) is 41.5 Å². The molecule has 2 N–H and O–H groups in total. The Morgan fingerprint density at radius 1 is 0.964 bits per heavy atom. The molecule has 1 saturated carbocycles. The SMILES string of the molecule is O[C@H]1CCCC[C@H]1Nc1ncc2ccc(-c3cccc4cnccc34)cc2n1. The van der Waals surface area contributed by atoms with Crippen LogP contribution >= 0.6 is 0 Å². The molecular formula is C23H22N4O. The number of hydrogen-bond acceptors (Lipinski definition) is 5.